The third-order valence-electron chi connectivity index (χ3n) is 4.08. The summed E-state index contributed by atoms with van der Waals surface area (Å²) in [5.74, 6) is 0.411. The summed E-state index contributed by atoms with van der Waals surface area (Å²) < 4.78 is 0.864. The van der Waals surface area contributed by atoms with Gasteiger partial charge in [0.25, 0.3) is 5.91 Å². The van der Waals surface area contributed by atoms with Crippen molar-refractivity contribution in [1.82, 2.24) is 4.90 Å². The number of benzene rings is 1. The summed E-state index contributed by atoms with van der Waals surface area (Å²) in [6.07, 6.45) is 3.28. The molecule has 5 heteroatoms. The predicted octanol–water partition coefficient (Wildman–Crippen LogP) is 3.69. The molecule has 1 amide bonds. The lowest BCUT2D eigenvalue weighted by molar-refractivity contribution is 0.0652. The van der Waals surface area contributed by atoms with Crippen molar-refractivity contribution in [3.63, 3.8) is 0 Å². The highest BCUT2D eigenvalue weighted by Gasteiger charge is 2.33. The molecule has 1 aliphatic carbocycles. The molecule has 3 nitrogen and oxygen atoms in total. The van der Waals surface area contributed by atoms with Gasteiger partial charge in [-0.15, -0.1) is 0 Å². The fourth-order valence-corrected chi connectivity index (χ4v) is 3.61. The quantitative estimate of drug-likeness (QED) is 0.891. The minimum absolute atomic E-state index is 0.00384. The number of carbonyl (C=O) groups excluding carboxylic acids is 1. The van der Waals surface area contributed by atoms with Gasteiger partial charge in [0, 0.05) is 17.1 Å². The summed E-state index contributed by atoms with van der Waals surface area (Å²) in [7, 11) is 0. The monoisotopic (exact) mass is 358 g/mol. The number of carbonyl (C=O) groups is 1. The number of hydrogen-bond donors (Lipinski definition) is 1. The van der Waals surface area contributed by atoms with E-state index in [-0.39, 0.29) is 11.9 Å². The Kier molecular flexibility index (Phi) is 5.47. The Labute approximate surface area is 133 Å². The highest BCUT2D eigenvalue weighted by atomic mass is 79.9. The van der Waals surface area contributed by atoms with Crippen LogP contribution >= 0.6 is 27.5 Å². The van der Waals surface area contributed by atoms with Crippen molar-refractivity contribution >= 4 is 33.4 Å². The van der Waals surface area contributed by atoms with E-state index in [4.69, 9.17) is 17.3 Å². The molecule has 0 heterocycles. The highest BCUT2D eigenvalue weighted by molar-refractivity contribution is 9.10. The molecule has 1 aliphatic rings. The van der Waals surface area contributed by atoms with Gasteiger partial charge in [-0.3, -0.25) is 4.79 Å². The smallest absolute Gasteiger partial charge is 0.255 e. The second-order valence-electron chi connectivity index (χ2n) is 5.21. The zero-order valence-electron chi connectivity index (χ0n) is 11.6. The molecule has 110 valence electrons. The van der Waals surface area contributed by atoms with Crippen LogP contribution < -0.4 is 5.73 Å². The van der Waals surface area contributed by atoms with Crippen LogP contribution in [0.3, 0.4) is 0 Å². The van der Waals surface area contributed by atoms with Crippen molar-refractivity contribution in [2.45, 2.75) is 32.2 Å². The molecule has 1 fully saturated rings. The Morgan fingerprint density at radius 3 is 2.90 bits per heavy atom. The van der Waals surface area contributed by atoms with Crippen LogP contribution in [0.2, 0.25) is 5.02 Å². The number of amides is 1. The summed E-state index contributed by atoms with van der Waals surface area (Å²) in [6.45, 7) is 3.33. The summed E-state index contributed by atoms with van der Waals surface area (Å²) >= 11 is 9.57. The summed E-state index contributed by atoms with van der Waals surface area (Å²) in [5.41, 5.74) is 6.40. The minimum Gasteiger partial charge on any atom is -0.336 e. The molecule has 0 saturated heterocycles. The number of hydrogen-bond acceptors (Lipinski definition) is 2. The van der Waals surface area contributed by atoms with Crippen molar-refractivity contribution in [1.29, 1.82) is 0 Å². The normalized spacial score (nSPS) is 22.0. The maximum absolute atomic E-state index is 12.8. The van der Waals surface area contributed by atoms with Gasteiger partial charge in [-0.25, -0.2) is 0 Å². The Hall–Kier alpha value is -0.580. The molecule has 1 aromatic rings. The maximum atomic E-state index is 12.8. The molecule has 0 aromatic heterocycles. The Morgan fingerprint density at radius 1 is 1.50 bits per heavy atom. The van der Waals surface area contributed by atoms with E-state index >= 15 is 0 Å². The lowest BCUT2D eigenvalue weighted by Crippen LogP contribution is -2.44. The number of rotatable bonds is 4. The average molecular weight is 360 g/mol. The first kappa shape index (κ1) is 15.8. The van der Waals surface area contributed by atoms with E-state index in [1.165, 1.54) is 0 Å². The zero-order valence-corrected chi connectivity index (χ0v) is 14.0. The molecule has 1 aromatic carbocycles. The molecule has 2 atom stereocenters. The Morgan fingerprint density at radius 2 is 2.25 bits per heavy atom. The van der Waals surface area contributed by atoms with Gasteiger partial charge in [-0.1, -0.05) is 34.0 Å². The molecular weight excluding hydrogens is 340 g/mol. The first-order valence-corrected chi connectivity index (χ1v) is 8.21. The topological polar surface area (TPSA) is 46.3 Å². The van der Waals surface area contributed by atoms with Crippen molar-refractivity contribution in [3.05, 3.63) is 33.3 Å². The lowest BCUT2D eigenvalue weighted by Gasteiger charge is -2.32. The van der Waals surface area contributed by atoms with Crippen LogP contribution in [0.25, 0.3) is 0 Å². The largest absolute Gasteiger partial charge is 0.336 e. The van der Waals surface area contributed by atoms with Crippen LogP contribution in [-0.2, 0) is 0 Å². The summed E-state index contributed by atoms with van der Waals surface area (Å²) in [4.78, 5) is 14.7. The molecule has 0 bridgehead atoms. The van der Waals surface area contributed by atoms with E-state index in [0.29, 0.717) is 29.6 Å². The lowest BCUT2D eigenvalue weighted by atomic mass is 10.0. The van der Waals surface area contributed by atoms with Crippen molar-refractivity contribution in [3.8, 4) is 0 Å². The number of nitrogens with zero attached hydrogens (tertiary/aromatic N) is 1. The molecule has 20 heavy (non-hydrogen) atoms. The highest BCUT2D eigenvalue weighted by Crippen LogP contribution is 2.31. The van der Waals surface area contributed by atoms with E-state index in [0.717, 1.165) is 23.7 Å². The Balaban J connectivity index is 2.27. The van der Waals surface area contributed by atoms with Crippen LogP contribution in [0.15, 0.2) is 22.7 Å². The van der Waals surface area contributed by atoms with Gasteiger partial charge >= 0.3 is 0 Å². The van der Waals surface area contributed by atoms with Crippen LogP contribution in [-0.4, -0.2) is 29.9 Å². The van der Waals surface area contributed by atoms with Gasteiger partial charge in [0.1, 0.15) is 0 Å². The summed E-state index contributed by atoms with van der Waals surface area (Å²) in [6, 6.07) is 5.63. The molecule has 0 aliphatic heterocycles. The van der Waals surface area contributed by atoms with Crippen molar-refractivity contribution in [2.24, 2.45) is 11.7 Å². The molecule has 2 unspecified atom stereocenters. The average Bonchev–Trinajstić information content (AvgIpc) is 2.90. The van der Waals surface area contributed by atoms with E-state index in [1.54, 1.807) is 12.1 Å². The van der Waals surface area contributed by atoms with Gasteiger partial charge in [0.2, 0.25) is 0 Å². The fourth-order valence-electron chi connectivity index (χ4n) is 3.05. The van der Waals surface area contributed by atoms with Crippen LogP contribution in [0.5, 0.6) is 0 Å². The van der Waals surface area contributed by atoms with Gasteiger partial charge in [0.15, 0.2) is 0 Å². The van der Waals surface area contributed by atoms with Gasteiger partial charge in [-0.05, 0) is 50.4 Å². The third kappa shape index (κ3) is 3.18. The van der Waals surface area contributed by atoms with E-state index < -0.39 is 0 Å². The van der Waals surface area contributed by atoms with Crippen LogP contribution in [0.4, 0.5) is 0 Å². The SMILES string of the molecule is CCN(C(=O)c1cc(Br)ccc1Cl)C1CCCC1CN. The Bertz CT molecular complexity index is 495. The molecule has 0 spiro atoms. The molecule has 2 N–H and O–H groups in total. The van der Waals surface area contributed by atoms with Gasteiger partial charge in [-0.2, -0.15) is 0 Å². The van der Waals surface area contributed by atoms with E-state index in [2.05, 4.69) is 15.9 Å². The van der Waals surface area contributed by atoms with Gasteiger partial charge in [0.05, 0.1) is 10.6 Å². The van der Waals surface area contributed by atoms with Crippen molar-refractivity contribution < 1.29 is 4.79 Å². The van der Waals surface area contributed by atoms with E-state index in [1.807, 2.05) is 17.9 Å². The standard InChI is InChI=1S/C15H20BrClN2O/c1-2-19(14-5-3-4-10(14)9-18)15(20)12-8-11(16)6-7-13(12)17/h6-8,10,14H,2-5,9,18H2,1H3. The molecule has 0 radical (unpaired) electrons. The number of halogens is 2. The second-order valence-corrected chi connectivity index (χ2v) is 6.53. The second kappa shape index (κ2) is 6.92. The zero-order chi connectivity index (χ0) is 14.7. The van der Waals surface area contributed by atoms with Crippen molar-refractivity contribution in [2.75, 3.05) is 13.1 Å². The van der Waals surface area contributed by atoms with E-state index in [9.17, 15) is 4.79 Å². The predicted molar refractivity (Wildman–Crippen MR) is 86.0 cm³/mol. The number of nitrogens with two attached hydrogens (primary N) is 1. The van der Waals surface area contributed by atoms with Crippen LogP contribution in [0.1, 0.15) is 36.5 Å². The minimum atomic E-state index is 0.00384. The first-order valence-electron chi connectivity index (χ1n) is 7.04. The first-order chi connectivity index (χ1) is 9.58. The third-order valence-corrected chi connectivity index (χ3v) is 4.91. The maximum Gasteiger partial charge on any atom is 0.255 e. The fraction of sp³-hybridized carbons (Fsp3) is 0.533. The van der Waals surface area contributed by atoms with Gasteiger partial charge < -0.3 is 10.6 Å². The molecular formula is C15H20BrClN2O. The van der Waals surface area contributed by atoms with Crippen LogP contribution in [0, 0.1) is 5.92 Å². The summed E-state index contributed by atoms with van der Waals surface area (Å²) in [5, 5.41) is 0.499. The molecule has 2 rings (SSSR count). The molecule has 1 saturated carbocycles.